The zero-order valence-corrected chi connectivity index (χ0v) is 16.5. The van der Waals surface area contributed by atoms with Crippen molar-refractivity contribution in [2.24, 2.45) is 5.41 Å². The Balaban J connectivity index is 2.05. The van der Waals surface area contributed by atoms with E-state index in [1.165, 1.54) is 19.2 Å². The molecule has 1 heterocycles. The van der Waals surface area contributed by atoms with Crippen LogP contribution in [0.5, 0.6) is 0 Å². The second-order valence-corrected chi connectivity index (χ2v) is 8.71. The lowest BCUT2D eigenvalue weighted by Crippen LogP contribution is -2.40. The average Bonchev–Trinajstić information content (AvgIpc) is 2.95. The molecule has 1 aliphatic rings. The molecule has 0 spiro atoms. The molecule has 0 radical (unpaired) electrons. The van der Waals surface area contributed by atoms with Gasteiger partial charge in [0.1, 0.15) is 5.41 Å². The Labute approximate surface area is 164 Å². The van der Waals surface area contributed by atoms with Crippen LogP contribution in [0.15, 0.2) is 71.6 Å². The minimum absolute atomic E-state index is 0.0142. The van der Waals surface area contributed by atoms with Gasteiger partial charge in [-0.3, -0.25) is 9.59 Å². The molecule has 6 nitrogen and oxygen atoms in total. The fraction of sp³-hybridized carbons (Fsp3) is 0.238. The molecular weight excluding hydrogens is 378 g/mol. The summed E-state index contributed by atoms with van der Waals surface area (Å²) in [6.07, 6.45) is 0.116. The zero-order chi connectivity index (χ0) is 20.5. The summed E-state index contributed by atoms with van der Waals surface area (Å²) in [6.45, 7) is 5.26. The predicted octanol–water partition coefficient (Wildman–Crippen LogP) is 2.48. The molecule has 28 heavy (non-hydrogen) atoms. The van der Waals surface area contributed by atoms with Crippen molar-refractivity contribution >= 4 is 21.9 Å². The summed E-state index contributed by atoms with van der Waals surface area (Å²) in [5.41, 5.74) is 0.115. The highest BCUT2D eigenvalue weighted by Crippen LogP contribution is 2.42. The number of aryl methyl sites for hydroxylation is 1. The second kappa shape index (κ2) is 7.24. The molecule has 1 amide bonds. The molecule has 3 rings (SSSR count). The van der Waals surface area contributed by atoms with Crippen LogP contribution in [0, 0.1) is 12.3 Å². The molecule has 0 aromatic heterocycles. The van der Waals surface area contributed by atoms with E-state index in [0.29, 0.717) is 0 Å². The molecule has 0 unspecified atom stereocenters. The van der Waals surface area contributed by atoms with Gasteiger partial charge in [0, 0.05) is 5.57 Å². The van der Waals surface area contributed by atoms with Crippen LogP contribution < -0.4 is 0 Å². The first-order valence-electron chi connectivity index (χ1n) is 8.68. The van der Waals surface area contributed by atoms with Gasteiger partial charge in [-0.1, -0.05) is 54.6 Å². The van der Waals surface area contributed by atoms with Gasteiger partial charge in [-0.15, -0.1) is 0 Å². The Morgan fingerprint density at radius 3 is 2.32 bits per heavy atom. The van der Waals surface area contributed by atoms with E-state index in [1.54, 1.807) is 36.4 Å². The monoisotopic (exact) mass is 399 g/mol. The topological polar surface area (TPSA) is 80.8 Å². The van der Waals surface area contributed by atoms with E-state index in [9.17, 15) is 18.0 Å². The van der Waals surface area contributed by atoms with E-state index in [1.807, 2.05) is 13.0 Å². The van der Waals surface area contributed by atoms with Crippen LogP contribution in [0.25, 0.3) is 0 Å². The lowest BCUT2D eigenvalue weighted by molar-refractivity contribution is -0.149. The molecule has 0 bridgehead atoms. The molecule has 0 aliphatic carbocycles. The number of hydrogen-bond acceptors (Lipinski definition) is 5. The van der Waals surface area contributed by atoms with Gasteiger partial charge in [-0.05, 0) is 31.0 Å². The number of hydrogen-bond donors (Lipinski definition) is 0. The van der Waals surface area contributed by atoms with Crippen molar-refractivity contribution in [2.75, 3.05) is 13.7 Å². The summed E-state index contributed by atoms with van der Waals surface area (Å²) in [7, 11) is -2.92. The summed E-state index contributed by atoms with van der Waals surface area (Å²) in [5, 5.41) is 0. The van der Waals surface area contributed by atoms with Crippen LogP contribution in [0.2, 0.25) is 0 Å². The fourth-order valence-electron chi connectivity index (χ4n) is 3.36. The molecule has 1 fully saturated rings. The maximum Gasteiger partial charge on any atom is 0.318 e. The van der Waals surface area contributed by atoms with Gasteiger partial charge in [-0.2, -0.15) is 0 Å². The van der Waals surface area contributed by atoms with Crippen molar-refractivity contribution in [3.8, 4) is 0 Å². The van der Waals surface area contributed by atoms with Crippen LogP contribution in [0.1, 0.15) is 11.1 Å². The quantitative estimate of drug-likeness (QED) is 0.570. The molecule has 2 aromatic carbocycles. The minimum Gasteiger partial charge on any atom is -0.468 e. The van der Waals surface area contributed by atoms with E-state index in [-0.39, 0.29) is 23.4 Å². The van der Waals surface area contributed by atoms with Crippen LogP contribution >= 0.6 is 0 Å². The van der Waals surface area contributed by atoms with Gasteiger partial charge in [0.15, 0.2) is 0 Å². The molecular formula is C21H21NO5S. The van der Waals surface area contributed by atoms with Gasteiger partial charge in [0.2, 0.25) is 0 Å². The van der Waals surface area contributed by atoms with Crippen molar-refractivity contribution in [3.63, 3.8) is 0 Å². The van der Waals surface area contributed by atoms with Crippen molar-refractivity contribution in [1.82, 2.24) is 4.31 Å². The molecule has 7 heteroatoms. The van der Waals surface area contributed by atoms with Gasteiger partial charge >= 0.3 is 5.97 Å². The highest BCUT2D eigenvalue weighted by molar-refractivity contribution is 7.89. The average molecular weight is 399 g/mol. The third kappa shape index (κ3) is 3.22. The Morgan fingerprint density at radius 2 is 1.75 bits per heavy atom. The van der Waals surface area contributed by atoms with Gasteiger partial charge < -0.3 is 4.74 Å². The molecule has 146 valence electrons. The first kappa shape index (κ1) is 19.8. The molecule has 1 saturated heterocycles. The van der Waals surface area contributed by atoms with E-state index in [2.05, 4.69) is 6.58 Å². The number of benzene rings is 2. The van der Waals surface area contributed by atoms with Crippen molar-refractivity contribution in [2.45, 2.75) is 18.2 Å². The maximum absolute atomic E-state index is 13.1. The SMILES string of the molecule is C=C1C(=O)N(S(=O)(=O)c2ccc(C)cc2)C[C@]1(Cc1ccccc1)C(=O)OC. The van der Waals surface area contributed by atoms with Crippen LogP contribution in [-0.2, 0) is 30.8 Å². The van der Waals surface area contributed by atoms with E-state index < -0.39 is 27.3 Å². The highest BCUT2D eigenvalue weighted by atomic mass is 32.2. The lowest BCUT2D eigenvalue weighted by atomic mass is 9.77. The molecule has 1 atom stereocenters. The number of ether oxygens (including phenoxy) is 1. The van der Waals surface area contributed by atoms with Crippen molar-refractivity contribution < 1.29 is 22.7 Å². The number of rotatable bonds is 5. The Morgan fingerprint density at radius 1 is 1.14 bits per heavy atom. The first-order chi connectivity index (χ1) is 13.2. The van der Waals surface area contributed by atoms with Crippen LogP contribution in [-0.4, -0.2) is 38.3 Å². The third-order valence-corrected chi connectivity index (χ3v) is 6.75. The molecule has 0 N–H and O–H groups in total. The van der Waals surface area contributed by atoms with Crippen LogP contribution in [0.3, 0.4) is 0 Å². The minimum atomic E-state index is -4.13. The number of carbonyl (C=O) groups excluding carboxylic acids is 2. The highest BCUT2D eigenvalue weighted by Gasteiger charge is 2.56. The summed E-state index contributed by atoms with van der Waals surface area (Å²) >= 11 is 0. The summed E-state index contributed by atoms with van der Waals surface area (Å²) < 4.78 is 31.8. The summed E-state index contributed by atoms with van der Waals surface area (Å²) in [4.78, 5) is 25.5. The first-order valence-corrected chi connectivity index (χ1v) is 10.1. The zero-order valence-electron chi connectivity index (χ0n) is 15.7. The van der Waals surface area contributed by atoms with E-state index >= 15 is 0 Å². The third-order valence-electron chi connectivity index (χ3n) is 5.01. The normalized spacial score (nSPS) is 19.7. The number of sulfonamides is 1. The molecule has 1 aliphatic heterocycles. The smallest absolute Gasteiger partial charge is 0.318 e. The van der Waals surface area contributed by atoms with Gasteiger partial charge in [0.25, 0.3) is 15.9 Å². The van der Waals surface area contributed by atoms with Crippen molar-refractivity contribution in [1.29, 1.82) is 0 Å². The summed E-state index contributed by atoms with van der Waals surface area (Å²) in [6, 6.07) is 15.2. The Bertz CT molecular complexity index is 1030. The fourth-order valence-corrected chi connectivity index (χ4v) is 4.81. The van der Waals surface area contributed by atoms with Gasteiger partial charge in [0.05, 0.1) is 18.6 Å². The molecule has 2 aromatic rings. The number of nitrogens with zero attached hydrogens (tertiary/aromatic N) is 1. The van der Waals surface area contributed by atoms with Crippen molar-refractivity contribution in [3.05, 3.63) is 77.9 Å². The number of amides is 1. The lowest BCUT2D eigenvalue weighted by Gasteiger charge is -2.26. The number of carbonyl (C=O) groups is 2. The van der Waals surface area contributed by atoms with E-state index in [0.717, 1.165) is 15.4 Å². The summed E-state index contributed by atoms with van der Waals surface area (Å²) in [5.74, 6) is -1.47. The molecule has 0 saturated carbocycles. The largest absolute Gasteiger partial charge is 0.468 e. The van der Waals surface area contributed by atoms with Crippen LogP contribution in [0.4, 0.5) is 0 Å². The number of esters is 1. The van der Waals surface area contributed by atoms with E-state index in [4.69, 9.17) is 4.74 Å². The Kier molecular flexibility index (Phi) is 5.12. The Hall–Kier alpha value is -2.93. The predicted molar refractivity (Wildman–Crippen MR) is 104 cm³/mol. The second-order valence-electron chi connectivity index (χ2n) is 6.84. The van der Waals surface area contributed by atoms with Gasteiger partial charge in [-0.25, -0.2) is 12.7 Å². The number of methoxy groups -OCH3 is 1. The maximum atomic E-state index is 13.1. The standard InChI is InChI=1S/C21H21NO5S/c1-15-9-11-18(12-10-15)28(25,26)22-14-21(20(24)27-3,16(2)19(22)23)13-17-7-5-4-6-8-17/h4-12H,2,13-14H2,1,3H3/t21-/m0/s1.